The highest BCUT2D eigenvalue weighted by Gasteiger charge is 2.06. The Morgan fingerprint density at radius 1 is 1.14 bits per heavy atom. The number of carbonyl (C=O) groups excluding carboxylic acids is 2. The van der Waals surface area contributed by atoms with Crippen LogP contribution >= 0.6 is 11.6 Å². The van der Waals surface area contributed by atoms with Crippen LogP contribution in [0.2, 0.25) is 5.02 Å². The molecule has 2 aromatic rings. The maximum absolute atomic E-state index is 12.0. The maximum atomic E-state index is 12.0. The number of ketones is 1. The molecule has 0 aromatic heterocycles. The molecular formula is C18H18ClNO2. The second-order valence-corrected chi connectivity index (χ2v) is 5.68. The second-order valence-electron chi connectivity index (χ2n) is 5.27. The van der Waals surface area contributed by atoms with Gasteiger partial charge in [0, 0.05) is 22.7 Å². The number of halogens is 1. The van der Waals surface area contributed by atoms with Crippen LogP contribution in [-0.4, -0.2) is 11.7 Å². The van der Waals surface area contributed by atoms with Crippen LogP contribution in [0.4, 0.5) is 5.69 Å². The molecule has 3 nitrogen and oxygen atoms in total. The summed E-state index contributed by atoms with van der Waals surface area (Å²) in [6.45, 7) is 3.45. The van der Waals surface area contributed by atoms with Crippen molar-refractivity contribution in [1.29, 1.82) is 0 Å². The highest BCUT2D eigenvalue weighted by molar-refractivity contribution is 6.31. The largest absolute Gasteiger partial charge is 0.326 e. The lowest BCUT2D eigenvalue weighted by Crippen LogP contribution is -2.12. The SMILES string of the molecule is CC(=O)c1cccc(NC(=O)CCc2ccc(C)c(Cl)c2)c1. The number of nitrogens with one attached hydrogen (secondary N) is 1. The molecule has 0 bridgehead atoms. The molecule has 0 fully saturated rings. The lowest BCUT2D eigenvalue weighted by molar-refractivity contribution is -0.116. The molecular weight excluding hydrogens is 298 g/mol. The second kappa shape index (κ2) is 7.23. The summed E-state index contributed by atoms with van der Waals surface area (Å²) in [6, 6.07) is 12.8. The van der Waals surface area contributed by atoms with Gasteiger partial charge in [0.1, 0.15) is 0 Å². The topological polar surface area (TPSA) is 46.2 Å². The monoisotopic (exact) mass is 315 g/mol. The van der Waals surface area contributed by atoms with Crippen LogP contribution in [-0.2, 0) is 11.2 Å². The predicted octanol–water partition coefficient (Wildman–Crippen LogP) is 4.42. The Morgan fingerprint density at radius 3 is 2.59 bits per heavy atom. The summed E-state index contributed by atoms with van der Waals surface area (Å²) in [5, 5.41) is 3.52. The zero-order valence-electron chi connectivity index (χ0n) is 12.7. The highest BCUT2D eigenvalue weighted by atomic mass is 35.5. The minimum absolute atomic E-state index is 0.0228. The van der Waals surface area contributed by atoms with Crippen molar-refractivity contribution in [2.24, 2.45) is 0 Å². The van der Waals surface area contributed by atoms with Gasteiger partial charge in [0.15, 0.2) is 5.78 Å². The van der Waals surface area contributed by atoms with Crippen molar-refractivity contribution in [3.8, 4) is 0 Å². The van der Waals surface area contributed by atoms with Crippen LogP contribution < -0.4 is 5.32 Å². The van der Waals surface area contributed by atoms with Crippen molar-refractivity contribution in [1.82, 2.24) is 0 Å². The van der Waals surface area contributed by atoms with E-state index < -0.39 is 0 Å². The lowest BCUT2D eigenvalue weighted by Gasteiger charge is -2.07. The van der Waals surface area contributed by atoms with E-state index in [0.29, 0.717) is 29.1 Å². The summed E-state index contributed by atoms with van der Waals surface area (Å²) < 4.78 is 0. The van der Waals surface area contributed by atoms with Crippen LogP contribution in [0.5, 0.6) is 0 Å². The Kier molecular flexibility index (Phi) is 5.34. The number of anilines is 1. The third kappa shape index (κ3) is 4.43. The van der Waals surface area contributed by atoms with Gasteiger partial charge in [-0.25, -0.2) is 0 Å². The fourth-order valence-corrected chi connectivity index (χ4v) is 2.29. The summed E-state index contributed by atoms with van der Waals surface area (Å²) in [4.78, 5) is 23.3. The van der Waals surface area contributed by atoms with Crippen molar-refractivity contribution >= 4 is 29.0 Å². The zero-order valence-corrected chi connectivity index (χ0v) is 13.4. The van der Waals surface area contributed by atoms with Crippen LogP contribution in [0.1, 0.15) is 34.8 Å². The normalized spacial score (nSPS) is 10.3. The fourth-order valence-electron chi connectivity index (χ4n) is 2.09. The molecule has 0 aliphatic heterocycles. The van der Waals surface area contributed by atoms with Gasteiger partial charge in [-0.2, -0.15) is 0 Å². The molecule has 0 unspecified atom stereocenters. The minimum atomic E-state index is -0.0857. The average molecular weight is 316 g/mol. The number of hydrogen-bond donors (Lipinski definition) is 1. The van der Waals surface area contributed by atoms with Gasteiger partial charge in [-0.1, -0.05) is 35.9 Å². The van der Waals surface area contributed by atoms with Crippen LogP contribution in [0.15, 0.2) is 42.5 Å². The van der Waals surface area contributed by atoms with Gasteiger partial charge >= 0.3 is 0 Å². The first-order valence-corrected chi connectivity index (χ1v) is 7.49. The van der Waals surface area contributed by atoms with Gasteiger partial charge in [0.05, 0.1) is 0 Å². The number of hydrogen-bond acceptors (Lipinski definition) is 2. The van der Waals surface area contributed by atoms with Gasteiger partial charge in [0.25, 0.3) is 0 Å². The summed E-state index contributed by atoms with van der Waals surface area (Å²) in [7, 11) is 0. The average Bonchev–Trinajstić information content (AvgIpc) is 2.49. The molecule has 0 aliphatic carbocycles. The molecule has 0 saturated heterocycles. The van der Waals surface area contributed by atoms with Crippen molar-refractivity contribution in [3.63, 3.8) is 0 Å². The Hall–Kier alpha value is -2.13. The van der Waals surface area contributed by atoms with Gasteiger partial charge < -0.3 is 5.32 Å². The molecule has 22 heavy (non-hydrogen) atoms. The molecule has 0 radical (unpaired) electrons. The van der Waals surface area contributed by atoms with Gasteiger partial charge in [-0.15, -0.1) is 0 Å². The maximum Gasteiger partial charge on any atom is 0.224 e. The predicted molar refractivity (Wildman–Crippen MR) is 89.6 cm³/mol. The van der Waals surface area contributed by atoms with Crippen LogP contribution in [0.25, 0.3) is 0 Å². The molecule has 1 amide bonds. The highest BCUT2D eigenvalue weighted by Crippen LogP contribution is 2.18. The number of rotatable bonds is 5. The first-order chi connectivity index (χ1) is 10.5. The third-order valence-corrected chi connectivity index (χ3v) is 3.84. The summed E-state index contributed by atoms with van der Waals surface area (Å²) in [5.41, 5.74) is 3.28. The number of Topliss-reactive ketones (excluding diaryl/α,β-unsaturated/α-hetero) is 1. The van der Waals surface area contributed by atoms with E-state index in [1.807, 2.05) is 25.1 Å². The van der Waals surface area contributed by atoms with E-state index in [1.165, 1.54) is 6.92 Å². The first-order valence-electron chi connectivity index (χ1n) is 7.11. The van der Waals surface area contributed by atoms with E-state index in [4.69, 9.17) is 11.6 Å². The Morgan fingerprint density at radius 2 is 1.91 bits per heavy atom. The van der Waals surface area contributed by atoms with Crippen molar-refractivity contribution in [2.45, 2.75) is 26.7 Å². The van der Waals surface area contributed by atoms with Crippen LogP contribution in [0, 0.1) is 6.92 Å². The lowest BCUT2D eigenvalue weighted by atomic mass is 10.1. The van der Waals surface area contributed by atoms with E-state index in [1.54, 1.807) is 24.3 Å². The molecule has 0 heterocycles. The minimum Gasteiger partial charge on any atom is -0.326 e. The molecule has 0 atom stereocenters. The zero-order chi connectivity index (χ0) is 16.1. The molecule has 1 N–H and O–H groups in total. The standard InChI is InChI=1S/C18H18ClNO2/c1-12-6-7-14(10-17(12)19)8-9-18(22)20-16-5-3-4-15(11-16)13(2)21/h3-7,10-11H,8-9H2,1-2H3,(H,20,22). The Labute approximate surface area is 135 Å². The Balaban J connectivity index is 1.94. The van der Waals surface area contributed by atoms with E-state index in [9.17, 15) is 9.59 Å². The molecule has 2 aromatic carbocycles. The van der Waals surface area contributed by atoms with Gasteiger partial charge in [-0.05, 0) is 49.6 Å². The molecule has 4 heteroatoms. The van der Waals surface area contributed by atoms with Crippen molar-refractivity contribution in [2.75, 3.05) is 5.32 Å². The molecule has 0 saturated carbocycles. The number of aryl methyl sites for hydroxylation is 2. The Bertz CT molecular complexity index is 710. The third-order valence-electron chi connectivity index (χ3n) is 3.43. The molecule has 114 valence electrons. The number of amides is 1. The number of benzene rings is 2. The van der Waals surface area contributed by atoms with E-state index >= 15 is 0 Å². The van der Waals surface area contributed by atoms with E-state index in [-0.39, 0.29) is 11.7 Å². The van der Waals surface area contributed by atoms with E-state index in [2.05, 4.69) is 5.32 Å². The fraction of sp³-hybridized carbons (Fsp3) is 0.222. The molecule has 2 rings (SSSR count). The van der Waals surface area contributed by atoms with Crippen molar-refractivity contribution < 1.29 is 9.59 Å². The first kappa shape index (κ1) is 16.2. The summed E-state index contributed by atoms with van der Waals surface area (Å²) in [6.07, 6.45) is 0.988. The summed E-state index contributed by atoms with van der Waals surface area (Å²) in [5.74, 6) is -0.109. The van der Waals surface area contributed by atoms with E-state index in [0.717, 1.165) is 11.1 Å². The number of carbonyl (C=O) groups is 2. The van der Waals surface area contributed by atoms with Crippen molar-refractivity contribution in [3.05, 3.63) is 64.2 Å². The van der Waals surface area contributed by atoms with Crippen LogP contribution in [0.3, 0.4) is 0 Å². The molecule has 0 spiro atoms. The summed E-state index contributed by atoms with van der Waals surface area (Å²) >= 11 is 6.07. The molecule has 0 aliphatic rings. The van der Waals surface area contributed by atoms with Gasteiger partial charge in [-0.3, -0.25) is 9.59 Å². The van der Waals surface area contributed by atoms with Gasteiger partial charge in [0.2, 0.25) is 5.91 Å². The quantitative estimate of drug-likeness (QED) is 0.830. The smallest absolute Gasteiger partial charge is 0.224 e.